The Morgan fingerprint density at radius 3 is 2.67 bits per heavy atom. The number of benzene rings is 1. The molecule has 1 aromatic carbocycles. The van der Waals surface area contributed by atoms with Gasteiger partial charge in [0, 0.05) is 24.8 Å². The highest BCUT2D eigenvalue weighted by Gasteiger charge is 2.16. The Balaban J connectivity index is 2.43. The number of methoxy groups -OCH3 is 1. The number of rotatable bonds is 7. The first kappa shape index (κ1) is 17.5. The Bertz CT molecular complexity index is 751. The van der Waals surface area contributed by atoms with E-state index in [0.29, 0.717) is 24.5 Å². The van der Waals surface area contributed by atoms with Gasteiger partial charge in [-0.15, -0.1) is 0 Å². The Hall–Kier alpha value is -2.87. The number of hydrogen-bond donors (Lipinski definition) is 4. The van der Waals surface area contributed by atoms with Gasteiger partial charge < -0.3 is 26.8 Å². The van der Waals surface area contributed by atoms with Crippen LogP contribution < -0.4 is 26.8 Å². The van der Waals surface area contributed by atoms with Crippen molar-refractivity contribution >= 4 is 23.2 Å². The van der Waals surface area contributed by atoms with Crippen molar-refractivity contribution in [2.24, 2.45) is 11.5 Å². The molecule has 2 aromatic rings. The maximum Gasteiger partial charge on any atom is 0.252 e. The maximum absolute atomic E-state index is 14.0. The molecule has 8 heteroatoms. The van der Waals surface area contributed by atoms with Crippen LogP contribution in [0, 0.1) is 12.7 Å². The number of nitrogens with one attached hydrogen (secondary N) is 2. The van der Waals surface area contributed by atoms with Gasteiger partial charge in [-0.25, -0.2) is 9.37 Å². The highest BCUT2D eigenvalue weighted by Crippen LogP contribution is 2.26. The molecule has 6 N–H and O–H groups in total. The summed E-state index contributed by atoms with van der Waals surface area (Å²) in [5.74, 6) is -0.677. The first-order valence-corrected chi connectivity index (χ1v) is 7.31. The topological polar surface area (TPSA) is 115 Å². The summed E-state index contributed by atoms with van der Waals surface area (Å²) in [6.45, 7) is 2.56. The molecule has 1 aromatic heterocycles. The van der Waals surface area contributed by atoms with Crippen molar-refractivity contribution in [3.8, 4) is 5.75 Å². The van der Waals surface area contributed by atoms with Gasteiger partial charge in [-0.05, 0) is 30.7 Å². The number of carbonyl (C=O) groups excluding carboxylic acids is 1. The fraction of sp³-hybridized carbons (Fsp3) is 0.250. The molecule has 0 atom stereocenters. The average molecular weight is 333 g/mol. The van der Waals surface area contributed by atoms with Gasteiger partial charge in [-0.3, -0.25) is 4.79 Å². The average Bonchev–Trinajstić information content (AvgIpc) is 2.54. The number of pyridine rings is 1. The van der Waals surface area contributed by atoms with E-state index in [1.54, 1.807) is 13.2 Å². The molecule has 0 fully saturated rings. The van der Waals surface area contributed by atoms with Gasteiger partial charge >= 0.3 is 0 Å². The quantitative estimate of drug-likeness (QED) is 0.613. The van der Waals surface area contributed by atoms with Crippen molar-refractivity contribution in [1.82, 2.24) is 4.98 Å². The zero-order valence-corrected chi connectivity index (χ0v) is 13.5. The molecule has 0 aliphatic carbocycles. The molecular formula is C16H20FN5O2. The van der Waals surface area contributed by atoms with E-state index in [9.17, 15) is 9.18 Å². The number of nitrogens with zero attached hydrogens (tertiary/aromatic N) is 1. The number of primary amides is 1. The van der Waals surface area contributed by atoms with E-state index >= 15 is 0 Å². The summed E-state index contributed by atoms with van der Waals surface area (Å²) in [6, 6.07) is 6.47. The largest absolute Gasteiger partial charge is 0.497 e. The van der Waals surface area contributed by atoms with Crippen LogP contribution in [0.25, 0.3) is 0 Å². The molecule has 0 aliphatic heterocycles. The lowest BCUT2D eigenvalue weighted by Crippen LogP contribution is -2.18. The van der Waals surface area contributed by atoms with Crippen LogP contribution in [0.1, 0.15) is 15.9 Å². The van der Waals surface area contributed by atoms with E-state index in [1.165, 1.54) is 0 Å². The van der Waals surface area contributed by atoms with Gasteiger partial charge in [-0.2, -0.15) is 0 Å². The predicted octanol–water partition coefficient (Wildman–Crippen LogP) is 1.75. The predicted molar refractivity (Wildman–Crippen MR) is 91.3 cm³/mol. The minimum atomic E-state index is -0.783. The zero-order valence-electron chi connectivity index (χ0n) is 13.5. The molecule has 0 bridgehead atoms. The number of carbonyl (C=O) groups is 1. The summed E-state index contributed by atoms with van der Waals surface area (Å²) in [4.78, 5) is 15.7. The summed E-state index contributed by atoms with van der Waals surface area (Å²) < 4.78 is 19.2. The van der Waals surface area contributed by atoms with Crippen LogP contribution in [0.4, 0.5) is 21.7 Å². The molecule has 1 amide bonds. The summed E-state index contributed by atoms with van der Waals surface area (Å²) in [6.07, 6.45) is 0. The molecule has 0 saturated heterocycles. The lowest BCUT2D eigenvalue weighted by molar-refractivity contribution is 0.100. The number of nitrogens with two attached hydrogens (primary N) is 2. The van der Waals surface area contributed by atoms with E-state index in [2.05, 4.69) is 15.6 Å². The molecule has 128 valence electrons. The minimum absolute atomic E-state index is 0.00688. The molecule has 1 heterocycles. The Morgan fingerprint density at radius 1 is 1.29 bits per heavy atom. The van der Waals surface area contributed by atoms with Crippen molar-refractivity contribution in [2.75, 3.05) is 30.8 Å². The second kappa shape index (κ2) is 7.60. The number of ether oxygens (including phenoxy) is 1. The number of hydrogen-bond acceptors (Lipinski definition) is 6. The van der Waals surface area contributed by atoms with Crippen LogP contribution in [0.3, 0.4) is 0 Å². The van der Waals surface area contributed by atoms with Crippen LogP contribution in [-0.4, -0.2) is 31.1 Å². The summed E-state index contributed by atoms with van der Waals surface area (Å²) in [5, 5.41) is 5.74. The lowest BCUT2D eigenvalue weighted by atomic mass is 10.2. The Morgan fingerprint density at radius 2 is 2.04 bits per heavy atom. The van der Waals surface area contributed by atoms with Gasteiger partial charge in [0.2, 0.25) is 0 Å². The SMILES string of the molecule is COc1cc(C)cc(Nc2nc(NCCN)c(F)cc2C(N)=O)c1. The van der Waals surface area contributed by atoms with Crippen molar-refractivity contribution in [3.63, 3.8) is 0 Å². The standard InChI is InChI=1S/C16H20FN5O2/c1-9-5-10(7-11(6-9)24-2)21-15-12(14(19)23)8-13(17)16(22-15)20-4-3-18/h5-8H,3-4,18H2,1-2H3,(H2,19,23)(H2,20,21,22). The van der Waals surface area contributed by atoms with Crippen LogP contribution in [0.2, 0.25) is 0 Å². The smallest absolute Gasteiger partial charge is 0.252 e. The molecule has 7 nitrogen and oxygen atoms in total. The van der Waals surface area contributed by atoms with Gasteiger partial charge in [0.15, 0.2) is 11.6 Å². The molecule has 0 spiro atoms. The number of aryl methyl sites for hydroxylation is 1. The first-order valence-electron chi connectivity index (χ1n) is 7.31. The molecule has 0 radical (unpaired) electrons. The second-order valence-corrected chi connectivity index (χ2v) is 5.16. The first-order chi connectivity index (χ1) is 11.4. The summed E-state index contributed by atoms with van der Waals surface area (Å²) in [5.41, 5.74) is 12.3. The van der Waals surface area contributed by atoms with E-state index in [-0.39, 0.29) is 17.2 Å². The fourth-order valence-corrected chi connectivity index (χ4v) is 2.16. The second-order valence-electron chi connectivity index (χ2n) is 5.16. The third-order valence-corrected chi connectivity index (χ3v) is 3.23. The third-order valence-electron chi connectivity index (χ3n) is 3.23. The maximum atomic E-state index is 14.0. The van der Waals surface area contributed by atoms with Crippen molar-refractivity contribution in [3.05, 3.63) is 41.2 Å². The monoisotopic (exact) mass is 333 g/mol. The lowest BCUT2D eigenvalue weighted by Gasteiger charge is -2.14. The number of amides is 1. The van der Waals surface area contributed by atoms with Gasteiger partial charge in [0.25, 0.3) is 5.91 Å². The summed E-state index contributed by atoms with van der Waals surface area (Å²) in [7, 11) is 1.55. The van der Waals surface area contributed by atoms with Crippen molar-refractivity contribution in [2.45, 2.75) is 6.92 Å². The van der Waals surface area contributed by atoms with E-state index in [4.69, 9.17) is 16.2 Å². The highest BCUT2D eigenvalue weighted by molar-refractivity contribution is 5.98. The fourth-order valence-electron chi connectivity index (χ4n) is 2.16. The van der Waals surface area contributed by atoms with E-state index in [1.807, 2.05) is 19.1 Å². The van der Waals surface area contributed by atoms with Crippen molar-refractivity contribution < 1.29 is 13.9 Å². The number of aromatic nitrogens is 1. The zero-order chi connectivity index (χ0) is 17.7. The highest BCUT2D eigenvalue weighted by atomic mass is 19.1. The number of anilines is 3. The van der Waals surface area contributed by atoms with Crippen LogP contribution in [0.5, 0.6) is 5.75 Å². The van der Waals surface area contributed by atoms with E-state index in [0.717, 1.165) is 11.6 Å². The van der Waals surface area contributed by atoms with Crippen LogP contribution >= 0.6 is 0 Å². The van der Waals surface area contributed by atoms with Gasteiger partial charge in [0.05, 0.1) is 12.7 Å². The molecule has 0 saturated carbocycles. The molecule has 24 heavy (non-hydrogen) atoms. The van der Waals surface area contributed by atoms with Crippen LogP contribution in [-0.2, 0) is 0 Å². The Labute approximate surface area is 139 Å². The third kappa shape index (κ3) is 4.11. The van der Waals surface area contributed by atoms with Crippen LogP contribution in [0.15, 0.2) is 24.3 Å². The minimum Gasteiger partial charge on any atom is -0.497 e. The Kier molecular flexibility index (Phi) is 5.54. The molecule has 0 aliphatic rings. The summed E-state index contributed by atoms with van der Waals surface area (Å²) >= 11 is 0. The number of halogens is 1. The van der Waals surface area contributed by atoms with E-state index < -0.39 is 11.7 Å². The van der Waals surface area contributed by atoms with Gasteiger partial charge in [0.1, 0.15) is 11.6 Å². The molecule has 0 unspecified atom stereocenters. The molecule has 2 rings (SSSR count). The van der Waals surface area contributed by atoms with Gasteiger partial charge in [-0.1, -0.05) is 0 Å². The normalized spacial score (nSPS) is 10.3. The van der Waals surface area contributed by atoms with Crippen molar-refractivity contribution in [1.29, 1.82) is 0 Å². The molecular weight excluding hydrogens is 313 g/mol.